The van der Waals surface area contributed by atoms with E-state index in [2.05, 4.69) is 39.7 Å². The van der Waals surface area contributed by atoms with Crippen LogP contribution >= 0.6 is 15.9 Å². The van der Waals surface area contributed by atoms with Crippen molar-refractivity contribution in [3.63, 3.8) is 0 Å². The van der Waals surface area contributed by atoms with Crippen LogP contribution in [0.3, 0.4) is 0 Å². The highest BCUT2D eigenvalue weighted by Gasteiger charge is 2.29. The molecule has 2 aliphatic carbocycles. The molecule has 0 bridgehead atoms. The fourth-order valence-corrected chi connectivity index (χ4v) is 3.52. The Labute approximate surface area is 123 Å². The van der Waals surface area contributed by atoms with E-state index in [1.807, 2.05) is 6.07 Å². The average molecular weight is 325 g/mol. The molecule has 4 heteroatoms. The summed E-state index contributed by atoms with van der Waals surface area (Å²) >= 11 is 3.47. The molecule has 1 aromatic heterocycles. The molecule has 3 rings (SSSR count). The van der Waals surface area contributed by atoms with Gasteiger partial charge < -0.3 is 4.74 Å². The topological polar surface area (TPSA) is 35.0 Å². The molecule has 1 heterocycles. The summed E-state index contributed by atoms with van der Waals surface area (Å²) in [6, 6.07) is 1.90. The molecular formula is C15H21BrN2O. The summed E-state index contributed by atoms with van der Waals surface area (Å²) in [5.41, 5.74) is 0. The molecule has 0 N–H and O–H groups in total. The van der Waals surface area contributed by atoms with E-state index in [9.17, 15) is 0 Å². The molecule has 3 nitrogen and oxygen atoms in total. The Kier molecular flexibility index (Phi) is 3.79. The second-order valence-corrected chi connectivity index (χ2v) is 7.13. The monoisotopic (exact) mass is 324 g/mol. The number of hydrogen-bond donors (Lipinski definition) is 0. The fourth-order valence-electron chi connectivity index (χ4n) is 3.14. The summed E-state index contributed by atoms with van der Waals surface area (Å²) in [6.07, 6.45) is 6.35. The van der Waals surface area contributed by atoms with E-state index >= 15 is 0 Å². The molecule has 2 fully saturated rings. The van der Waals surface area contributed by atoms with Crippen molar-refractivity contribution < 1.29 is 4.74 Å². The SMILES string of the molecule is CC1CC(C)CC(Oc2cc(Br)nc(C3CC3)n2)C1. The maximum atomic E-state index is 6.11. The lowest BCUT2D eigenvalue weighted by Crippen LogP contribution is -2.28. The molecule has 0 spiro atoms. The smallest absolute Gasteiger partial charge is 0.218 e. The molecule has 2 unspecified atom stereocenters. The first-order chi connectivity index (χ1) is 9.10. The second kappa shape index (κ2) is 5.39. The maximum absolute atomic E-state index is 6.11. The standard InChI is InChI=1S/C15H21BrN2O/c1-9-5-10(2)7-12(6-9)19-14-8-13(16)17-15(18-14)11-3-4-11/h8-12H,3-7H2,1-2H3. The molecular weight excluding hydrogens is 304 g/mol. The van der Waals surface area contributed by atoms with Gasteiger partial charge in [-0.05, 0) is 59.9 Å². The van der Waals surface area contributed by atoms with Crippen LogP contribution in [0.15, 0.2) is 10.7 Å². The van der Waals surface area contributed by atoms with Gasteiger partial charge in [0.2, 0.25) is 5.88 Å². The zero-order chi connectivity index (χ0) is 13.4. The van der Waals surface area contributed by atoms with Gasteiger partial charge in [-0.25, -0.2) is 4.98 Å². The Bertz CT molecular complexity index is 451. The van der Waals surface area contributed by atoms with Crippen LogP contribution in [0.1, 0.15) is 57.7 Å². The Morgan fingerprint density at radius 1 is 1.11 bits per heavy atom. The Hall–Kier alpha value is -0.640. The van der Waals surface area contributed by atoms with Crippen molar-refractivity contribution in [1.29, 1.82) is 0 Å². The summed E-state index contributed by atoms with van der Waals surface area (Å²) in [6.45, 7) is 4.63. The van der Waals surface area contributed by atoms with Crippen LogP contribution in [0.2, 0.25) is 0 Å². The third-order valence-corrected chi connectivity index (χ3v) is 4.46. The predicted molar refractivity (Wildman–Crippen MR) is 78.3 cm³/mol. The van der Waals surface area contributed by atoms with Crippen molar-refractivity contribution in [2.45, 2.75) is 58.0 Å². The van der Waals surface area contributed by atoms with E-state index < -0.39 is 0 Å². The molecule has 19 heavy (non-hydrogen) atoms. The van der Waals surface area contributed by atoms with E-state index in [4.69, 9.17) is 4.74 Å². The Morgan fingerprint density at radius 2 is 1.79 bits per heavy atom. The predicted octanol–water partition coefficient (Wildman–Crippen LogP) is 4.32. The highest BCUT2D eigenvalue weighted by Crippen LogP contribution is 2.39. The van der Waals surface area contributed by atoms with Crippen molar-refractivity contribution in [1.82, 2.24) is 9.97 Å². The van der Waals surface area contributed by atoms with Crippen molar-refractivity contribution in [2.24, 2.45) is 11.8 Å². The van der Waals surface area contributed by atoms with Gasteiger partial charge in [0.15, 0.2) is 0 Å². The average Bonchev–Trinajstić information content (AvgIpc) is 3.09. The largest absolute Gasteiger partial charge is 0.474 e. The van der Waals surface area contributed by atoms with Crippen molar-refractivity contribution in [3.05, 3.63) is 16.5 Å². The molecule has 0 aromatic carbocycles. The van der Waals surface area contributed by atoms with Gasteiger partial charge in [-0.2, -0.15) is 4.98 Å². The Morgan fingerprint density at radius 3 is 2.42 bits per heavy atom. The van der Waals surface area contributed by atoms with Crippen LogP contribution < -0.4 is 4.74 Å². The van der Waals surface area contributed by atoms with Gasteiger partial charge in [-0.3, -0.25) is 0 Å². The lowest BCUT2D eigenvalue weighted by atomic mass is 9.82. The number of nitrogens with zero attached hydrogens (tertiary/aromatic N) is 2. The normalized spacial score (nSPS) is 31.2. The van der Waals surface area contributed by atoms with E-state index in [-0.39, 0.29) is 0 Å². The van der Waals surface area contributed by atoms with E-state index in [1.165, 1.54) is 19.3 Å². The van der Waals surface area contributed by atoms with Gasteiger partial charge in [0.25, 0.3) is 0 Å². The van der Waals surface area contributed by atoms with E-state index in [1.54, 1.807) is 0 Å². The number of ether oxygens (including phenoxy) is 1. The molecule has 2 aliphatic rings. The van der Waals surface area contributed by atoms with Gasteiger partial charge in [0.1, 0.15) is 16.5 Å². The Balaban J connectivity index is 1.71. The zero-order valence-electron chi connectivity index (χ0n) is 11.6. The fraction of sp³-hybridized carbons (Fsp3) is 0.733. The molecule has 0 amide bonds. The third kappa shape index (κ3) is 3.47. The molecule has 104 valence electrons. The van der Waals surface area contributed by atoms with Crippen LogP contribution in [0, 0.1) is 11.8 Å². The first-order valence-electron chi connectivity index (χ1n) is 7.31. The first kappa shape index (κ1) is 13.3. The zero-order valence-corrected chi connectivity index (χ0v) is 13.2. The van der Waals surface area contributed by atoms with Gasteiger partial charge in [-0.15, -0.1) is 0 Å². The molecule has 0 saturated heterocycles. The van der Waals surface area contributed by atoms with Crippen molar-refractivity contribution in [2.75, 3.05) is 0 Å². The molecule has 1 aromatic rings. The summed E-state index contributed by atoms with van der Waals surface area (Å²) in [4.78, 5) is 9.02. The van der Waals surface area contributed by atoms with Crippen molar-refractivity contribution >= 4 is 15.9 Å². The van der Waals surface area contributed by atoms with Crippen LogP contribution in [0.25, 0.3) is 0 Å². The van der Waals surface area contributed by atoms with Gasteiger partial charge in [0.05, 0.1) is 0 Å². The van der Waals surface area contributed by atoms with Gasteiger partial charge >= 0.3 is 0 Å². The highest BCUT2D eigenvalue weighted by atomic mass is 79.9. The lowest BCUT2D eigenvalue weighted by molar-refractivity contribution is 0.0962. The van der Waals surface area contributed by atoms with Crippen molar-refractivity contribution in [3.8, 4) is 5.88 Å². The number of rotatable bonds is 3. The van der Waals surface area contributed by atoms with Gasteiger partial charge in [0, 0.05) is 12.0 Å². The summed E-state index contributed by atoms with van der Waals surface area (Å²) in [5, 5.41) is 0. The minimum atomic E-state index is 0.313. The third-order valence-electron chi connectivity index (χ3n) is 4.05. The minimum Gasteiger partial charge on any atom is -0.474 e. The number of aromatic nitrogens is 2. The summed E-state index contributed by atoms with van der Waals surface area (Å²) in [7, 11) is 0. The quantitative estimate of drug-likeness (QED) is 0.776. The number of hydrogen-bond acceptors (Lipinski definition) is 3. The van der Waals surface area contributed by atoms with Gasteiger partial charge in [-0.1, -0.05) is 13.8 Å². The maximum Gasteiger partial charge on any atom is 0.218 e. The van der Waals surface area contributed by atoms with Crippen LogP contribution in [0.5, 0.6) is 5.88 Å². The second-order valence-electron chi connectivity index (χ2n) is 6.32. The van der Waals surface area contributed by atoms with E-state index in [0.717, 1.165) is 41.0 Å². The molecule has 0 aliphatic heterocycles. The number of halogens is 1. The minimum absolute atomic E-state index is 0.313. The highest BCUT2D eigenvalue weighted by molar-refractivity contribution is 9.10. The van der Waals surface area contributed by atoms with Crippen LogP contribution in [-0.2, 0) is 0 Å². The first-order valence-corrected chi connectivity index (χ1v) is 8.10. The lowest BCUT2D eigenvalue weighted by Gasteiger charge is -2.31. The summed E-state index contributed by atoms with van der Waals surface area (Å²) in [5.74, 6) is 3.75. The van der Waals surface area contributed by atoms with E-state index in [0.29, 0.717) is 12.0 Å². The van der Waals surface area contributed by atoms with Crippen LogP contribution in [0.4, 0.5) is 0 Å². The van der Waals surface area contributed by atoms with Crippen LogP contribution in [-0.4, -0.2) is 16.1 Å². The summed E-state index contributed by atoms with van der Waals surface area (Å²) < 4.78 is 6.96. The molecule has 2 atom stereocenters. The molecule has 2 saturated carbocycles. The molecule has 0 radical (unpaired) electrons.